The smallest absolute Gasteiger partial charge is 0.188 e. The van der Waals surface area contributed by atoms with Crippen LogP contribution in [-0.4, -0.2) is 20.2 Å². The van der Waals surface area contributed by atoms with Crippen LogP contribution in [0.1, 0.15) is 0 Å². The van der Waals surface area contributed by atoms with Crippen LogP contribution in [0.2, 0.25) is 10.0 Å². The Hall–Kier alpha value is -1.63. The van der Waals surface area contributed by atoms with E-state index in [9.17, 15) is 0 Å². The third-order valence-electron chi connectivity index (χ3n) is 2.85. The van der Waals surface area contributed by atoms with Gasteiger partial charge in [-0.15, -0.1) is 5.10 Å². The molecule has 0 fully saturated rings. The van der Waals surface area contributed by atoms with Crippen molar-refractivity contribution in [2.24, 2.45) is 0 Å². The topological polar surface area (TPSA) is 69.6 Å². The molecule has 1 aromatic heterocycles. The Kier molecular flexibility index (Phi) is 3.84. The Balaban J connectivity index is 2.17. The molecule has 0 radical (unpaired) electrons. The van der Waals surface area contributed by atoms with Crippen LogP contribution in [0.15, 0.2) is 40.9 Å². The van der Waals surface area contributed by atoms with Gasteiger partial charge >= 0.3 is 0 Å². The van der Waals surface area contributed by atoms with Crippen molar-refractivity contribution < 1.29 is 0 Å². The van der Waals surface area contributed by atoms with Crippen LogP contribution in [0.25, 0.3) is 17.1 Å². The SMILES string of the molecule is Nc1ccc(Cl)c(-c2nnnn2-c2ccc(Cl)c(Br)c2)c1. The van der Waals surface area contributed by atoms with Gasteiger partial charge in [0.2, 0.25) is 0 Å². The quantitative estimate of drug-likeness (QED) is 0.678. The average Bonchev–Trinajstić information content (AvgIpc) is 2.93. The van der Waals surface area contributed by atoms with E-state index in [0.717, 1.165) is 10.2 Å². The van der Waals surface area contributed by atoms with Gasteiger partial charge in [-0.3, -0.25) is 0 Å². The van der Waals surface area contributed by atoms with Gasteiger partial charge in [0.1, 0.15) is 0 Å². The largest absolute Gasteiger partial charge is 0.399 e. The summed E-state index contributed by atoms with van der Waals surface area (Å²) in [5, 5.41) is 12.9. The summed E-state index contributed by atoms with van der Waals surface area (Å²) in [4.78, 5) is 0. The van der Waals surface area contributed by atoms with Crippen LogP contribution in [0.3, 0.4) is 0 Å². The fourth-order valence-corrected chi connectivity index (χ4v) is 2.55. The summed E-state index contributed by atoms with van der Waals surface area (Å²) in [6, 6.07) is 10.6. The lowest BCUT2D eigenvalue weighted by atomic mass is 10.2. The summed E-state index contributed by atoms with van der Waals surface area (Å²) in [6.07, 6.45) is 0. The second-order valence-corrected chi connectivity index (χ2v) is 5.92. The van der Waals surface area contributed by atoms with E-state index in [1.54, 1.807) is 28.9 Å². The van der Waals surface area contributed by atoms with Gasteiger partial charge in [0.15, 0.2) is 5.82 Å². The molecule has 0 aliphatic carbocycles. The molecule has 0 atom stereocenters. The molecule has 21 heavy (non-hydrogen) atoms. The molecule has 106 valence electrons. The minimum absolute atomic E-state index is 0.501. The van der Waals surface area contributed by atoms with Gasteiger partial charge in [-0.1, -0.05) is 23.2 Å². The standard InChI is InChI=1S/C13H8BrCl2N5/c14-10-6-8(2-4-12(10)16)21-13(18-19-20-21)9-5-7(17)1-3-11(9)15/h1-6H,17H2. The van der Waals surface area contributed by atoms with Crippen molar-refractivity contribution in [3.8, 4) is 17.1 Å². The van der Waals surface area contributed by atoms with E-state index in [0.29, 0.717) is 27.1 Å². The number of benzene rings is 2. The zero-order valence-electron chi connectivity index (χ0n) is 10.5. The minimum atomic E-state index is 0.501. The van der Waals surface area contributed by atoms with E-state index in [-0.39, 0.29) is 0 Å². The molecule has 2 aromatic carbocycles. The molecule has 0 aliphatic rings. The molecule has 0 saturated carbocycles. The molecule has 5 nitrogen and oxygen atoms in total. The Bertz CT molecular complexity index is 818. The van der Waals surface area contributed by atoms with Gasteiger partial charge in [-0.05, 0) is 62.8 Å². The molecule has 0 bridgehead atoms. The summed E-state index contributed by atoms with van der Waals surface area (Å²) in [5.74, 6) is 0.501. The first-order chi connectivity index (χ1) is 10.1. The van der Waals surface area contributed by atoms with Crippen molar-refractivity contribution in [3.05, 3.63) is 50.9 Å². The Morgan fingerprint density at radius 2 is 1.81 bits per heavy atom. The fraction of sp³-hybridized carbons (Fsp3) is 0. The van der Waals surface area contributed by atoms with Crippen LogP contribution in [-0.2, 0) is 0 Å². The lowest BCUT2D eigenvalue weighted by Crippen LogP contribution is -2.00. The maximum absolute atomic E-state index is 6.21. The van der Waals surface area contributed by atoms with E-state index in [1.165, 1.54) is 0 Å². The molecule has 2 N–H and O–H groups in total. The molecule has 0 unspecified atom stereocenters. The zero-order valence-corrected chi connectivity index (χ0v) is 13.6. The van der Waals surface area contributed by atoms with Gasteiger partial charge in [0.05, 0.1) is 15.7 Å². The molecular formula is C13H8BrCl2N5. The second-order valence-electron chi connectivity index (χ2n) is 4.25. The summed E-state index contributed by atoms with van der Waals surface area (Å²) < 4.78 is 2.32. The molecule has 3 rings (SSSR count). The molecule has 3 aromatic rings. The minimum Gasteiger partial charge on any atom is -0.399 e. The van der Waals surface area contributed by atoms with Crippen LogP contribution < -0.4 is 5.73 Å². The van der Waals surface area contributed by atoms with Gasteiger partial charge in [-0.25, -0.2) is 0 Å². The lowest BCUT2D eigenvalue weighted by Gasteiger charge is -2.08. The maximum atomic E-state index is 6.21. The molecular weight excluding hydrogens is 377 g/mol. The number of rotatable bonds is 2. The second kappa shape index (κ2) is 5.63. The van der Waals surface area contributed by atoms with Gasteiger partial charge in [0.25, 0.3) is 0 Å². The number of hydrogen-bond donors (Lipinski definition) is 1. The highest BCUT2D eigenvalue weighted by molar-refractivity contribution is 9.10. The predicted octanol–water partition coefficient (Wildman–Crippen LogP) is 3.98. The number of hydrogen-bond acceptors (Lipinski definition) is 4. The monoisotopic (exact) mass is 383 g/mol. The maximum Gasteiger partial charge on any atom is 0.188 e. The van der Waals surface area contributed by atoms with E-state index >= 15 is 0 Å². The normalized spacial score (nSPS) is 10.8. The third-order valence-corrected chi connectivity index (χ3v) is 4.39. The summed E-state index contributed by atoms with van der Waals surface area (Å²) >= 11 is 15.6. The molecule has 0 saturated heterocycles. The van der Waals surface area contributed by atoms with Gasteiger partial charge in [-0.2, -0.15) is 4.68 Å². The van der Waals surface area contributed by atoms with Crippen LogP contribution in [0, 0.1) is 0 Å². The predicted molar refractivity (Wildman–Crippen MR) is 86.7 cm³/mol. The number of aromatic nitrogens is 4. The fourth-order valence-electron chi connectivity index (χ4n) is 1.86. The highest BCUT2D eigenvalue weighted by atomic mass is 79.9. The highest BCUT2D eigenvalue weighted by Crippen LogP contribution is 2.30. The van der Waals surface area contributed by atoms with Crippen molar-refractivity contribution >= 4 is 44.8 Å². The van der Waals surface area contributed by atoms with Gasteiger partial charge in [0, 0.05) is 15.7 Å². The first kappa shape index (κ1) is 14.3. The summed E-state index contributed by atoms with van der Waals surface area (Å²) in [6.45, 7) is 0. The highest BCUT2D eigenvalue weighted by Gasteiger charge is 2.15. The van der Waals surface area contributed by atoms with Crippen LogP contribution in [0.5, 0.6) is 0 Å². The zero-order chi connectivity index (χ0) is 15.0. The lowest BCUT2D eigenvalue weighted by molar-refractivity contribution is 0.791. The molecule has 0 aliphatic heterocycles. The number of anilines is 1. The third kappa shape index (κ3) is 2.74. The summed E-state index contributed by atoms with van der Waals surface area (Å²) in [7, 11) is 0. The molecule has 0 amide bonds. The Morgan fingerprint density at radius 3 is 2.57 bits per heavy atom. The molecule has 8 heteroatoms. The van der Waals surface area contributed by atoms with Crippen molar-refractivity contribution in [1.82, 2.24) is 20.2 Å². The number of halogens is 3. The number of nitrogens with zero attached hydrogens (tertiary/aromatic N) is 4. The van der Waals surface area contributed by atoms with Crippen molar-refractivity contribution in [2.75, 3.05) is 5.73 Å². The van der Waals surface area contributed by atoms with Crippen molar-refractivity contribution in [2.45, 2.75) is 0 Å². The molecule has 1 heterocycles. The van der Waals surface area contributed by atoms with E-state index in [4.69, 9.17) is 28.9 Å². The first-order valence-electron chi connectivity index (χ1n) is 5.85. The molecule has 0 spiro atoms. The van der Waals surface area contributed by atoms with Crippen molar-refractivity contribution in [1.29, 1.82) is 0 Å². The van der Waals surface area contributed by atoms with Crippen LogP contribution in [0.4, 0.5) is 5.69 Å². The number of nitrogens with two attached hydrogens (primary N) is 1. The van der Waals surface area contributed by atoms with E-state index in [2.05, 4.69) is 31.5 Å². The number of nitrogen functional groups attached to an aromatic ring is 1. The summed E-state index contributed by atoms with van der Waals surface area (Å²) in [5.41, 5.74) is 7.80. The van der Waals surface area contributed by atoms with E-state index < -0.39 is 0 Å². The van der Waals surface area contributed by atoms with Gasteiger partial charge < -0.3 is 5.73 Å². The van der Waals surface area contributed by atoms with Crippen LogP contribution >= 0.6 is 39.1 Å². The first-order valence-corrected chi connectivity index (χ1v) is 7.40. The Morgan fingerprint density at radius 1 is 1.05 bits per heavy atom. The van der Waals surface area contributed by atoms with Crippen molar-refractivity contribution in [3.63, 3.8) is 0 Å². The Labute approximate surface area is 138 Å². The average molecular weight is 385 g/mol. The number of tetrazole rings is 1. The van der Waals surface area contributed by atoms with E-state index in [1.807, 2.05) is 12.1 Å².